The van der Waals surface area contributed by atoms with Crippen LogP contribution in [0, 0.1) is 0 Å². The van der Waals surface area contributed by atoms with E-state index in [4.69, 9.17) is 28.4 Å². The molecule has 0 amide bonds. The van der Waals surface area contributed by atoms with Crippen molar-refractivity contribution in [2.75, 3.05) is 13.7 Å². The third-order valence-corrected chi connectivity index (χ3v) is 10.4. The van der Waals surface area contributed by atoms with Gasteiger partial charge in [0.2, 0.25) is 0 Å². The molecule has 18 nitrogen and oxygen atoms in total. The van der Waals surface area contributed by atoms with Crippen LogP contribution in [0.25, 0.3) is 0 Å². The molecule has 1 fully saturated rings. The molecule has 2 aromatic heterocycles. The van der Waals surface area contributed by atoms with E-state index in [1.165, 1.54) is 53.1 Å². The molecule has 330 valence electrons. The molecule has 1 aliphatic heterocycles. The number of hydrogen-bond donors (Lipinski definition) is 4. The Morgan fingerprint density at radius 2 is 1.06 bits per heavy atom. The van der Waals surface area contributed by atoms with E-state index >= 15 is 0 Å². The molecule has 1 aliphatic rings. The highest BCUT2D eigenvalue weighted by Crippen LogP contribution is 2.31. The minimum atomic E-state index is -1.11. The maximum Gasteiger partial charge on any atom is 0.328 e. The molecule has 4 N–H and O–H groups in total. The van der Waals surface area contributed by atoms with Gasteiger partial charge in [-0.2, -0.15) is 0 Å². The second-order valence-corrected chi connectivity index (χ2v) is 14.9. The first-order valence-electron chi connectivity index (χ1n) is 20.1. The van der Waals surface area contributed by atoms with Crippen LogP contribution in [-0.4, -0.2) is 107 Å². The van der Waals surface area contributed by atoms with Crippen molar-refractivity contribution < 1.29 is 58.4 Å². The molecule has 0 radical (unpaired) electrons. The van der Waals surface area contributed by atoms with Crippen LogP contribution in [0.2, 0.25) is 0 Å². The van der Waals surface area contributed by atoms with E-state index in [1.54, 1.807) is 24.3 Å². The van der Waals surface area contributed by atoms with Gasteiger partial charge in [-0.15, -0.1) is 10.2 Å². The zero-order valence-corrected chi connectivity index (χ0v) is 34.3. The van der Waals surface area contributed by atoms with Crippen molar-refractivity contribution in [2.24, 2.45) is 0 Å². The molecule has 1 saturated heterocycles. The molecular formula is C45H48N6O12. The van der Waals surface area contributed by atoms with Gasteiger partial charge in [-0.3, -0.25) is 0 Å². The lowest BCUT2D eigenvalue weighted by Gasteiger charge is -2.45. The summed E-state index contributed by atoms with van der Waals surface area (Å²) in [7, 11) is 1.48. The molecule has 0 aliphatic carbocycles. The van der Waals surface area contributed by atoms with E-state index in [0.29, 0.717) is 22.5 Å². The fourth-order valence-electron chi connectivity index (χ4n) is 7.13. The third-order valence-electron chi connectivity index (χ3n) is 10.4. The first-order chi connectivity index (χ1) is 30.6. The molecule has 0 bridgehead atoms. The normalized spacial score (nSPS) is 19.7. The molecular weight excluding hydrogens is 817 g/mol. The van der Waals surface area contributed by atoms with Crippen molar-refractivity contribution in [2.45, 2.75) is 82.1 Å². The highest BCUT2D eigenvalue weighted by atomic mass is 16.7. The molecule has 3 heterocycles. The maximum atomic E-state index is 12.3. The number of carboxylic acid groups (broad SMARTS) is 2. The number of rotatable bonds is 22. The number of aromatic nitrogens is 6. The van der Waals surface area contributed by atoms with Crippen LogP contribution >= 0.6 is 0 Å². The molecule has 6 aromatic rings. The topological polar surface area (TPSA) is 232 Å². The largest absolute Gasteiger partial charge is 0.508 e. The molecule has 7 rings (SSSR count). The van der Waals surface area contributed by atoms with E-state index < -0.39 is 54.7 Å². The van der Waals surface area contributed by atoms with E-state index in [0.717, 1.165) is 11.1 Å². The highest BCUT2D eigenvalue weighted by molar-refractivity contribution is 5.72. The summed E-state index contributed by atoms with van der Waals surface area (Å²) in [4.78, 5) is 24.6. The summed E-state index contributed by atoms with van der Waals surface area (Å²) in [6.45, 7) is 0.206. The van der Waals surface area contributed by atoms with Gasteiger partial charge in [0.05, 0.1) is 45.4 Å². The molecule has 63 heavy (non-hydrogen) atoms. The summed E-state index contributed by atoms with van der Waals surface area (Å²) in [5.41, 5.74) is 3.91. The molecule has 4 aromatic carbocycles. The number of ether oxygens (including phenoxy) is 6. The van der Waals surface area contributed by atoms with E-state index in [-0.39, 0.29) is 57.4 Å². The van der Waals surface area contributed by atoms with Crippen LogP contribution in [0.5, 0.6) is 11.5 Å². The number of carbonyl (C=O) groups is 2. The van der Waals surface area contributed by atoms with Crippen LogP contribution in [0.1, 0.15) is 45.7 Å². The van der Waals surface area contributed by atoms with Crippen molar-refractivity contribution in [3.8, 4) is 11.5 Å². The number of phenolic OH excluding ortho intramolecular Hbond substituents is 2. The standard InChI is InChI=1S/C45H48N6O12/c1-58-45-42(62-27-34-23-51(49-47-34)38(44(56)57)21-30-14-18-36(53)19-15-30)41(61-25-32-10-6-3-7-11-32)40(60-24-31-8-4-2-5-9-31)39(63-45)28-59-26-33-22-50(48-46-33)37(43(54)55)20-29-12-16-35(52)17-13-29/h2-19,22-23,37-42,45,52-53H,20-21,24-28H2,1H3,(H,54,55)(H,56,57)/t37-,38-,39+,40+,41-,42+,45-/m0/s1. The van der Waals surface area contributed by atoms with Crippen LogP contribution in [-0.2, 0) is 77.3 Å². The summed E-state index contributed by atoms with van der Waals surface area (Å²) in [5, 5.41) is 56.0. The minimum absolute atomic E-state index is 0.0219. The van der Waals surface area contributed by atoms with Gasteiger partial charge in [0.1, 0.15) is 47.3 Å². The van der Waals surface area contributed by atoms with Gasteiger partial charge in [0.25, 0.3) is 0 Å². The quantitative estimate of drug-likeness (QED) is 0.0727. The number of benzene rings is 4. The average Bonchev–Trinajstić information content (AvgIpc) is 3.97. The molecule has 0 spiro atoms. The van der Waals surface area contributed by atoms with Gasteiger partial charge in [-0.05, 0) is 46.5 Å². The average molecular weight is 865 g/mol. The van der Waals surface area contributed by atoms with Crippen molar-refractivity contribution in [3.05, 3.63) is 155 Å². The fraction of sp³-hybridized carbons (Fsp3) is 0.333. The highest BCUT2D eigenvalue weighted by Gasteiger charge is 2.49. The Morgan fingerprint density at radius 3 is 1.54 bits per heavy atom. The lowest BCUT2D eigenvalue weighted by atomic mass is 9.98. The SMILES string of the molecule is CO[C@H]1O[C@H](COCc2cn([C@@H](Cc3ccc(O)cc3)C(=O)O)nn2)[C@@H](OCc2ccccc2)[C@H](OCc2ccccc2)[C@H]1OCc1cn([C@@H](Cc2ccc(O)cc2)C(=O)O)nn1. The summed E-state index contributed by atoms with van der Waals surface area (Å²) in [6, 6.07) is 29.6. The first kappa shape index (κ1) is 44.5. The number of phenols is 2. The van der Waals surface area contributed by atoms with Crippen molar-refractivity contribution >= 4 is 11.9 Å². The minimum Gasteiger partial charge on any atom is -0.508 e. The lowest BCUT2D eigenvalue weighted by Crippen LogP contribution is -2.61. The van der Waals surface area contributed by atoms with E-state index in [9.17, 15) is 30.0 Å². The summed E-state index contributed by atoms with van der Waals surface area (Å²) >= 11 is 0. The molecule has 7 atom stereocenters. The monoisotopic (exact) mass is 864 g/mol. The smallest absolute Gasteiger partial charge is 0.328 e. The van der Waals surface area contributed by atoms with Crippen molar-refractivity contribution in [1.29, 1.82) is 0 Å². The van der Waals surface area contributed by atoms with Crippen molar-refractivity contribution in [3.63, 3.8) is 0 Å². The second-order valence-electron chi connectivity index (χ2n) is 14.9. The summed E-state index contributed by atoms with van der Waals surface area (Å²) in [6.07, 6.45) is -1.03. The van der Waals surface area contributed by atoms with E-state index in [2.05, 4.69) is 20.6 Å². The predicted octanol–water partition coefficient (Wildman–Crippen LogP) is 4.66. The van der Waals surface area contributed by atoms with Gasteiger partial charge in [0, 0.05) is 20.0 Å². The van der Waals surface area contributed by atoms with Crippen LogP contribution in [0.3, 0.4) is 0 Å². The number of hydrogen-bond acceptors (Lipinski definition) is 14. The second kappa shape index (κ2) is 21.5. The van der Waals surface area contributed by atoms with Gasteiger partial charge in [-0.1, -0.05) is 95.4 Å². The molecule has 18 heteroatoms. The van der Waals surface area contributed by atoms with Gasteiger partial charge in [0.15, 0.2) is 18.4 Å². The zero-order valence-electron chi connectivity index (χ0n) is 34.3. The van der Waals surface area contributed by atoms with E-state index in [1.807, 2.05) is 60.7 Å². The Labute approximate surface area is 362 Å². The Balaban J connectivity index is 1.09. The fourth-order valence-corrected chi connectivity index (χ4v) is 7.13. The first-order valence-corrected chi connectivity index (χ1v) is 20.1. The molecule has 0 unspecified atom stereocenters. The van der Waals surface area contributed by atoms with Gasteiger partial charge >= 0.3 is 11.9 Å². The summed E-state index contributed by atoms with van der Waals surface area (Å²) in [5.74, 6) is -2.06. The Hall–Kier alpha value is -6.54. The van der Waals surface area contributed by atoms with Crippen molar-refractivity contribution in [1.82, 2.24) is 30.0 Å². The summed E-state index contributed by atoms with van der Waals surface area (Å²) < 4.78 is 40.8. The number of methoxy groups -OCH3 is 1. The van der Waals surface area contributed by atoms with Gasteiger partial charge in [-0.25, -0.2) is 19.0 Å². The Bertz CT molecular complexity index is 2350. The molecule has 0 saturated carbocycles. The Kier molecular flexibility index (Phi) is 15.2. The maximum absolute atomic E-state index is 12.3. The van der Waals surface area contributed by atoms with Gasteiger partial charge < -0.3 is 48.8 Å². The number of aromatic hydroxyl groups is 2. The van der Waals surface area contributed by atoms with Crippen LogP contribution in [0.4, 0.5) is 0 Å². The number of nitrogens with zero attached hydrogens (tertiary/aromatic N) is 6. The third kappa shape index (κ3) is 12.1. The Morgan fingerprint density at radius 1 is 0.603 bits per heavy atom. The number of aliphatic carboxylic acids is 2. The predicted molar refractivity (Wildman–Crippen MR) is 221 cm³/mol. The lowest BCUT2D eigenvalue weighted by molar-refractivity contribution is -0.323. The number of carboxylic acids is 2. The van der Waals surface area contributed by atoms with Crippen LogP contribution in [0.15, 0.2) is 122 Å². The zero-order chi connectivity index (χ0) is 44.1. The van der Waals surface area contributed by atoms with Crippen LogP contribution < -0.4 is 0 Å².